The highest BCUT2D eigenvalue weighted by atomic mass is 32.2. The Labute approximate surface area is 124 Å². The third-order valence-electron chi connectivity index (χ3n) is 3.60. The molecule has 0 aromatic heterocycles. The topological polar surface area (TPSA) is 72.9 Å². The average molecular weight is 313 g/mol. The van der Waals surface area contributed by atoms with Crippen LogP contribution in [-0.2, 0) is 30.7 Å². The van der Waals surface area contributed by atoms with E-state index in [4.69, 9.17) is 4.74 Å². The lowest BCUT2D eigenvalue weighted by molar-refractivity contribution is -0.139. The van der Waals surface area contributed by atoms with Gasteiger partial charge in [0.1, 0.15) is 0 Å². The van der Waals surface area contributed by atoms with Gasteiger partial charge in [0, 0.05) is 13.7 Å². The van der Waals surface area contributed by atoms with Crippen molar-refractivity contribution in [1.29, 1.82) is 0 Å². The highest BCUT2D eigenvalue weighted by Crippen LogP contribution is 2.21. The van der Waals surface area contributed by atoms with Crippen LogP contribution in [0.5, 0.6) is 0 Å². The first-order valence-electron chi connectivity index (χ1n) is 6.66. The monoisotopic (exact) mass is 313 g/mol. The van der Waals surface area contributed by atoms with E-state index in [2.05, 4.69) is 4.74 Å². The fraction of sp³-hybridized carbons (Fsp3) is 0.500. The smallest absolute Gasteiger partial charge is 0.309 e. The fourth-order valence-corrected chi connectivity index (χ4v) is 3.56. The molecule has 1 fully saturated rings. The van der Waals surface area contributed by atoms with Crippen molar-refractivity contribution < 1.29 is 22.7 Å². The lowest BCUT2D eigenvalue weighted by atomic mass is 10.2. The Balaban J connectivity index is 2.14. The van der Waals surface area contributed by atoms with Gasteiger partial charge in [0.05, 0.1) is 31.1 Å². The quantitative estimate of drug-likeness (QED) is 0.752. The maximum atomic E-state index is 12.5. The molecule has 1 aliphatic heterocycles. The average Bonchev–Trinajstić information content (AvgIpc) is 3.01. The van der Waals surface area contributed by atoms with Crippen LogP contribution >= 0.6 is 0 Å². The number of esters is 1. The minimum atomic E-state index is -3.54. The van der Waals surface area contributed by atoms with Gasteiger partial charge in [0.15, 0.2) is 0 Å². The second kappa shape index (κ2) is 6.55. The summed E-state index contributed by atoms with van der Waals surface area (Å²) in [5.74, 6) is -0.356. The minimum Gasteiger partial charge on any atom is -0.469 e. The first kappa shape index (κ1) is 15.9. The molecule has 0 saturated carbocycles. The van der Waals surface area contributed by atoms with Crippen LogP contribution < -0.4 is 0 Å². The van der Waals surface area contributed by atoms with Crippen LogP contribution in [0, 0.1) is 0 Å². The highest BCUT2D eigenvalue weighted by molar-refractivity contribution is 7.89. The van der Waals surface area contributed by atoms with Crippen molar-refractivity contribution in [2.45, 2.75) is 23.8 Å². The summed E-state index contributed by atoms with van der Waals surface area (Å²) in [4.78, 5) is 11.4. The lowest BCUT2D eigenvalue weighted by Crippen LogP contribution is -2.37. The number of carbonyl (C=O) groups is 1. The molecular formula is C14H19NO5S. The third kappa shape index (κ3) is 3.61. The number of hydrogen-bond donors (Lipinski definition) is 0. The third-order valence-corrected chi connectivity index (χ3v) is 5.52. The number of nitrogens with zero attached hydrogens (tertiary/aromatic N) is 1. The van der Waals surface area contributed by atoms with E-state index >= 15 is 0 Å². The molecule has 7 heteroatoms. The van der Waals surface area contributed by atoms with Crippen LogP contribution in [0.25, 0.3) is 0 Å². The Kier molecular flexibility index (Phi) is 4.97. The van der Waals surface area contributed by atoms with Gasteiger partial charge >= 0.3 is 5.97 Å². The van der Waals surface area contributed by atoms with Crippen LogP contribution in [0.3, 0.4) is 0 Å². The van der Waals surface area contributed by atoms with E-state index in [0.717, 1.165) is 0 Å². The number of sulfonamides is 1. The van der Waals surface area contributed by atoms with Gasteiger partial charge in [0.25, 0.3) is 0 Å². The largest absolute Gasteiger partial charge is 0.469 e. The number of hydrogen-bond acceptors (Lipinski definition) is 5. The zero-order valence-electron chi connectivity index (χ0n) is 12.1. The maximum Gasteiger partial charge on any atom is 0.309 e. The molecule has 0 amide bonds. The van der Waals surface area contributed by atoms with E-state index in [9.17, 15) is 13.2 Å². The van der Waals surface area contributed by atoms with Crippen LogP contribution in [0.1, 0.15) is 12.0 Å². The van der Waals surface area contributed by atoms with Gasteiger partial charge in [-0.25, -0.2) is 8.42 Å². The molecule has 0 radical (unpaired) electrons. The molecule has 2 rings (SSSR count). The minimum absolute atomic E-state index is 0.121. The van der Waals surface area contributed by atoms with Crippen LogP contribution in [0.4, 0.5) is 0 Å². The van der Waals surface area contributed by atoms with Crippen molar-refractivity contribution in [2.75, 3.05) is 27.4 Å². The molecule has 1 heterocycles. The molecule has 21 heavy (non-hydrogen) atoms. The molecule has 1 saturated heterocycles. The van der Waals surface area contributed by atoms with Crippen molar-refractivity contribution in [3.63, 3.8) is 0 Å². The molecule has 1 aromatic carbocycles. The van der Waals surface area contributed by atoms with Crippen molar-refractivity contribution >= 4 is 16.0 Å². The summed E-state index contributed by atoms with van der Waals surface area (Å²) in [7, 11) is -0.650. The molecule has 6 nitrogen and oxygen atoms in total. The second-order valence-electron chi connectivity index (χ2n) is 4.94. The first-order valence-corrected chi connectivity index (χ1v) is 8.10. The van der Waals surface area contributed by atoms with Gasteiger partial charge in [0.2, 0.25) is 10.0 Å². The van der Waals surface area contributed by atoms with Crippen molar-refractivity contribution in [3.05, 3.63) is 29.8 Å². The summed E-state index contributed by atoms with van der Waals surface area (Å²) in [5.41, 5.74) is 0.715. The van der Waals surface area contributed by atoms with E-state index in [1.807, 2.05) is 0 Å². The lowest BCUT2D eigenvalue weighted by Gasteiger charge is -2.22. The standard InChI is InChI=1S/C14H19NO5S/c1-15(12-7-8-20-10-12)21(17,18)13-5-3-11(4-6-13)9-14(16)19-2/h3-6,12H,7-10H2,1-2H3. The maximum absolute atomic E-state index is 12.5. The van der Waals surface area contributed by atoms with Crippen molar-refractivity contribution in [1.82, 2.24) is 4.31 Å². The van der Waals surface area contributed by atoms with Crippen molar-refractivity contribution in [3.8, 4) is 0 Å². The van der Waals surface area contributed by atoms with Crippen LogP contribution in [0.2, 0.25) is 0 Å². The highest BCUT2D eigenvalue weighted by Gasteiger charge is 2.30. The van der Waals surface area contributed by atoms with Gasteiger partial charge in [-0.2, -0.15) is 4.31 Å². The number of likely N-dealkylation sites (N-methyl/N-ethyl adjacent to an activating group) is 1. The normalized spacial score (nSPS) is 18.9. The fourth-order valence-electron chi connectivity index (χ4n) is 2.19. The molecule has 1 atom stereocenters. The zero-order valence-corrected chi connectivity index (χ0v) is 12.9. The number of ether oxygens (including phenoxy) is 2. The summed E-state index contributed by atoms with van der Waals surface area (Å²) < 4.78 is 36.1. The van der Waals surface area contributed by atoms with Crippen LogP contribution in [-0.4, -0.2) is 52.1 Å². The summed E-state index contributed by atoms with van der Waals surface area (Å²) in [6.45, 7) is 1.01. The first-order chi connectivity index (χ1) is 9.95. The van der Waals surface area contributed by atoms with E-state index in [1.165, 1.54) is 23.5 Å². The molecule has 0 spiro atoms. The Hall–Kier alpha value is -1.44. The molecule has 0 N–H and O–H groups in total. The van der Waals surface area contributed by atoms with Crippen molar-refractivity contribution in [2.24, 2.45) is 0 Å². The molecule has 1 aromatic rings. The molecular weight excluding hydrogens is 294 g/mol. The van der Waals surface area contributed by atoms with E-state index in [1.54, 1.807) is 19.2 Å². The predicted octanol–water partition coefficient (Wildman–Crippen LogP) is 0.811. The van der Waals surface area contributed by atoms with E-state index in [-0.39, 0.29) is 23.3 Å². The summed E-state index contributed by atoms with van der Waals surface area (Å²) >= 11 is 0. The molecule has 116 valence electrons. The summed E-state index contributed by atoms with van der Waals surface area (Å²) in [6.07, 6.45) is 0.833. The molecule has 1 unspecified atom stereocenters. The Morgan fingerprint density at radius 1 is 1.38 bits per heavy atom. The van der Waals surface area contributed by atoms with Gasteiger partial charge < -0.3 is 9.47 Å². The molecule has 0 bridgehead atoms. The van der Waals surface area contributed by atoms with Gasteiger partial charge in [-0.1, -0.05) is 12.1 Å². The number of benzene rings is 1. The molecule has 0 aliphatic carbocycles. The number of methoxy groups -OCH3 is 1. The van der Waals surface area contributed by atoms with Gasteiger partial charge in [-0.05, 0) is 24.1 Å². The summed E-state index contributed by atoms with van der Waals surface area (Å²) in [6, 6.07) is 6.16. The molecule has 1 aliphatic rings. The van der Waals surface area contributed by atoms with E-state index < -0.39 is 10.0 Å². The van der Waals surface area contributed by atoms with E-state index in [0.29, 0.717) is 25.2 Å². The zero-order chi connectivity index (χ0) is 15.5. The Morgan fingerprint density at radius 3 is 2.57 bits per heavy atom. The van der Waals surface area contributed by atoms with Gasteiger partial charge in [-0.3, -0.25) is 4.79 Å². The van der Waals surface area contributed by atoms with Crippen LogP contribution in [0.15, 0.2) is 29.2 Å². The number of carbonyl (C=O) groups excluding carboxylic acids is 1. The Morgan fingerprint density at radius 2 is 2.05 bits per heavy atom. The Bertz CT molecular complexity index is 590. The second-order valence-corrected chi connectivity index (χ2v) is 6.93. The SMILES string of the molecule is COC(=O)Cc1ccc(S(=O)(=O)N(C)C2CCOC2)cc1. The number of rotatable bonds is 5. The predicted molar refractivity (Wildman–Crippen MR) is 76.3 cm³/mol. The summed E-state index contributed by atoms with van der Waals surface area (Å²) in [5, 5.41) is 0. The van der Waals surface area contributed by atoms with Gasteiger partial charge in [-0.15, -0.1) is 0 Å².